The molecule has 18 heavy (non-hydrogen) atoms. The second kappa shape index (κ2) is 6.32. The molecule has 3 heteroatoms. The molecule has 0 radical (unpaired) electrons. The first-order chi connectivity index (χ1) is 8.69. The zero-order valence-corrected chi connectivity index (χ0v) is 12.9. The first-order valence-electron chi connectivity index (χ1n) is 5.90. The van der Waals surface area contributed by atoms with Crippen molar-refractivity contribution in [3.8, 4) is 10.4 Å². The van der Waals surface area contributed by atoms with Gasteiger partial charge in [-0.15, -0.1) is 11.3 Å². The lowest BCUT2D eigenvalue weighted by Crippen LogP contribution is -2.17. The summed E-state index contributed by atoms with van der Waals surface area (Å²) in [5, 5.41) is 3.19. The first-order valence-corrected chi connectivity index (χ1v) is 7.51. The zero-order chi connectivity index (χ0) is 13.0. The lowest BCUT2D eigenvalue weighted by atomic mass is 10.2. The maximum absolute atomic E-state index is 3.51. The monoisotopic (exact) mass is 321 g/mol. The van der Waals surface area contributed by atoms with Crippen molar-refractivity contribution in [3.63, 3.8) is 0 Å². The number of halogens is 1. The van der Waals surface area contributed by atoms with E-state index in [2.05, 4.69) is 70.7 Å². The molecule has 0 amide bonds. The Morgan fingerprint density at radius 2 is 2.11 bits per heavy atom. The highest BCUT2D eigenvalue weighted by Gasteiger charge is 2.01. The van der Waals surface area contributed by atoms with Gasteiger partial charge in [-0.05, 0) is 49.9 Å². The highest BCUT2D eigenvalue weighted by atomic mass is 79.9. The Morgan fingerprint density at radius 1 is 1.28 bits per heavy atom. The van der Waals surface area contributed by atoms with Gasteiger partial charge in [-0.3, -0.25) is 0 Å². The van der Waals surface area contributed by atoms with Crippen LogP contribution < -0.4 is 5.32 Å². The molecule has 1 nitrogen and oxygen atoms in total. The molecule has 1 aromatic heterocycles. The molecule has 0 aliphatic carbocycles. The summed E-state index contributed by atoms with van der Waals surface area (Å²) in [4.78, 5) is 2.58. The fourth-order valence-electron chi connectivity index (χ4n) is 1.57. The van der Waals surface area contributed by atoms with Crippen molar-refractivity contribution < 1.29 is 0 Å². The van der Waals surface area contributed by atoms with Gasteiger partial charge in [-0.1, -0.05) is 34.1 Å². The van der Waals surface area contributed by atoms with Gasteiger partial charge in [-0.25, -0.2) is 0 Å². The Balaban J connectivity index is 2.18. The van der Waals surface area contributed by atoms with E-state index in [1.165, 1.54) is 15.3 Å². The second-order valence-electron chi connectivity index (χ2n) is 4.15. The molecule has 1 atom stereocenters. The standard InChI is InChI=1S/C15H16BrNS/c1-11(17-2)6-7-14-8-9-15(18-14)12-4-3-5-13(16)10-12/h3-11,17H,1-2H3/b7-6+. The Labute approximate surface area is 121 Å². The molecular weight excluding hydrogens is 306 g/mol. The summed E-state index contributed by atoms with van der Waals surface area (Å²) in [5.41, 5.74) is 1.26. The fourth-order valence-corrected chi connectivity index (χ4v) is 2.89. The van der Waals surface area contributed by atoms with Gasteiger partial charge in [0.15, 0.2) is 0 Å². The van der Waals surface area contributed by atoms with E-state index in [1.807, 2.05) is 24.5 Å². The summed E-state index contributed by atoms with van der Waals surface area (Å²) >= 11 is 5.32. The van der Waals surface area contributed by atoms with Crippen LogP contribution in [0, 0.1) is 0 Å². The van der Waals surface area contributed by atoms with Crippen LogP contribution in [-0.2, 0) is 0 Å². The molecule has 0 bridgehead atoms. The van der Waals surface area contributed by atoms with E-state index >= 15 is 0 Å². The van der Waals surface area contributed by atoms with Crippen molar-refractivity contribution in [3.05, 3.63) is 51.8 Å². The summed E-state index contributed by atoms with van der Waals surface area (Å²) < 4.78 is 1.12. The van der Waals surface area contributed by atoms with Crippen molar-refractivity contribution in [2.24, 2.45) is 0 Å². The normalized spacial score (nSPS) is 13.1. The van der Waals surface area contributed by atoms with Crippen LogP contribution in [0.2, 0.25) is 0 Å². The van der Waals surface area contributed by atoms with Gasteiger partial charge in [-0.2, -0.15) is 0 Å². The third-order valence-electron chi connectivity index (χ3n) is 2.74. The minimum absolute atomic E-state index is 0.404. The predicted molar refractivity (Wildman–Crippen MR) is 85.0 cm³/mol. The van der Waals surface area contributed by atoms with E-state index in [9.17, 15) is 0 Å². The number of rotatable bonds is 4. The summed E-state index contributed by atoms with van der Waals surface area (Å²) in [5.74, 6) is 0. The molecule has 0 saturated carbocycles. The minimum atomic E-state index is 0.404. The van der Waals surface area contributed by atoms with Crippen molar-refractivity contribution in [2.75, 3.05) is 7.05 Å². The molecular formula is C15H16BrNS. The molecule has 94 valence electrons. The summed E-state index contributed by atoms with van der Waals surface area (Å²) in [6.07, 6.45) is 4.35. The molecule has 0 fully saturated rings. The highest BCUT2D eigenvalue weighted by Crippen LogP contribution is 2.30. The highest BCUT2D eigenvalue weighted by molar-refractivity contribution is 9.10. The largest absolute Gasteiger partial charge is 0.314 e. The number of likely N-dealkylation sites (N-methyl/N-ethyl adjacent to an activating group) is 1. The third-order valence-corrected chi connectivity index (χ3v) is 4.33. The summed E-state index contributed by atoms with van der Waals surface area (Å²) in [6, 6.07) is 13.2. The van der Waals surface area contributed by atoms with Crippen LogP contribution in [-0.4, -0.2) is 13.1 Å². The SMILES string of the molecule is CNC(C)/C=C/c1ccc(-c2cccc(Br)c2)s1. The van der Waals surface area contributed by atoms with E-state index in [0.29, 0.717) is 6.04 Å². The van der Waals surface area contributed by atoms with Crippen LogP contribution >= 0.6 is 27.3 Å². The Hall–Kier alpha value is -0.900. The maximum Gasteiger partial charge on any atom is 0.0349 e. The minimum Gasteiger partial charge on any atom is -0.314 e. The Bertz CT molecular complexity index is 545. The topological polar surface area (TPSA) is 12.0 Å². The van der Waals surface area contributed by atoms with Gasteiger partial charge in [0.1, 0.15) is 0 Å². The molecule has 2 rings (SSSR count). The molecule has 0 saturated heterocycles. The van der Waals surface area contributed by atoms with Crippen LogP contribution in [0.25, 0.3) is 16.5 Å². The Kier molecular flexibility index (Phi) is 4.75. The molecule has 0 aliphatic rings. The van der Waals surface area contributed by atoms with Gasteiger partial charge >= 0.3 is 0 Å². The number of hydrogen-bond donors (Lipinski definition) is 1. The maximum atomic E-state index is 3.51. The van der Waals surface area contributed by atoms with E-state index in [-0.39, 0.29) is 0 Å². The Morgan fingerprint density at radius 3 is 2.83 bits per heavy atom. The lowest BCUT2D eigenvalue weighted by molar-refractivity contribution is 0.732. The van der Waals surface area contributed by atoms with Crippen LogP contribution in [0.5, 0.6) is 0 Å². The molecule has 1 aromatic carbocycles. The van der Waals surface area contributed by atoms with Crippen LogP contribution in [0.15, 0.2) is 46.9 Å². The van der Waals surface area contributed by atoms with Crippen LogP contribution in [0.3, 0.4) is 0 Å². The number of nitrogens with one attached hydrogen (secondary N) is 1. The smallest absolute Gasteiger partial charge is 0.0349 e. The zero-order valence-electron chi connectivity index (χ0n) is 10.5. The fraction of sp³-hybridized carbons (Fsp3) is 0.200. The molecule has 1 heterocycles. The van der Waals surface area contributed by atoms with Gasteiger partial charge in [0.25, 0.3) is 0 Å². The van der Waals surface area contributed by atoms with Gasteiger partial charge in [0, 0.05) is 20.3 Å². The lowest BCUT2D eigenvalue weighted by Gasteiger charge is -2.01. The molecule has 1 N–H and O–H groups in total. The summed E-state index contributed by atoms with van der Waals surface area (Å²) in [6.45, 7) is 2.14. The van der Waals surface area contributed by atoms with Crippen molar-refractivity contribution in [1.29, 1.82) is 0 Å². The third kappa shape index (κ3) is 3.55. The van der Waals surface area contributed by atoms with Crippen LogP contribution in [0.4, 0.5) is 0 Å². The van der Waals surface area contributed by atoms with E-state index in [1.54, 1.807) is 0 Å². The van der Waals surface area contributed by atoms with Crippen molar-refractivity contribution in [1.82, 2.24) is 5.32 Å². The molecule has 0 spiro atoms. The van der Waals surface area contributed by atoms with E-state index < -0.39 is 0 Å². The quantitative estimate of drug-likeness (QED) is 0.853. The van der Waals surface area contributed by atoms with Gasteiger partial charge < -0.3 is 5.32 Å². The van der Waals surface area contributed by atoms with Gasteiger partial charge in [0.2, 0.25) is 0 Å². The average molecular weight is 322 g/mol. The molecule has 2 aromatic rings. The summed E-state index contributed by atoms with van der Waals surface area (Å²) in [7, 11) is 1.97. The predicted octanol–water partition coefficient (Wildman–Crippen LogP) is 4.80. The number of benzene rings is 1. The van der Waals surface area contributed by atoms with Crippen molar-refractivity contribution in [2.45, 2.75) is 13.0 Å². The molecule has 0 aliphatic heterocycles. The first kappa shape index (κ1) is 13.5. The molecule has 1 unspecified atom stereocenters. The van der Waals surface area contributed by atoms with Gasteiger partial charge in [0.05, 0.1) is 0 Å². The second-order valence-corrected chi connectivity index (χ2v) is 6.18. The van der Waals surface area contributed by atoms with Crippen LogP contribution in [0.1, 0.15) is 11.8 Å². The van der Waals surface area contributed by atoms with Crippen molar-refractivity contribution >= 4 is 33.3 Å². The number of hydrogen-bond acceptors (Lipinski definition) is 2. The number of thiophene rings is 1. The average Bonchev–Trinajstić information content (AvgIpc) is 2.84. The van der Waals surface area contributed by atoms with E-state index in [0.717, 1.165) is 4.47 Å². The van der Waals surface area contributed by atoms with E-state index in [4.69, 9.17) is 0 Å².